The summed E-state index contributed by atoms with van der Waals surface area (Å²) in [5, 5.41) is 6.75. The number of carbonyl (C=O) groups is 1. The van der Waals surface area contributed by atoms with Gasteiger partial charge in [0.15, 0.2) is 5.82 Å². The zero-order valence-electron chi connectivity index (χ0n) is 13.0. The number of carbonyl (C=O) groups excluding carboxylic acids is 1. The number of nitrogens with zero attached hydrogens (tertiary/aromatic N) is 4. The Hall–Kier alpha value is -1.47. The molecule has 0 unspecified atom stereocenters. The van der Waals surface area contributed by atoms with Gasteiger partial charge < -0.3 is 9.84 Å². The summed E-state index contributed by atoms with van der Waals surface area (Å²) < 4.78 is 5.13. The zero-order chi connectivity index (χ0) is 15.1. The number of piperazine rings is 1. The van der Waals surface area contributed by atoms with E-state index in [-0.39, 0.29) is 5.91 Å². The zero-order valence-corrected chi connectivity index (χ0v) is 13.0. The van der Waals surface area contributed by atoms with Gasteiger partial charge in [0.05, 0.1) is 13.1 Å². The van der Waals surface area contributed by atoms with Crippen LogP contribution in [0.15, 0.2) is 4.52 Å². The maximum Gasteiger partial charge on any atom is 0.240 e. The van der Waals surface area contributed by atoms with Crippen LogP contribution < -0.4 is 5.32 Å². The second kappa shape index (κ2) is 8.09. The highest BCUT2D eigenvalue weighted by molar-refractivity contribution is 5.77. The molecular formula is C14H25N5O2. The molecule has 0 radical (unpaired) electrons. The monoisotopic (exact) mass is 295 g/mol. The lowest BCUT2D eigenvalue weighted by Crippen LogP contribution is -2.49. The lowest BCUT2D eigenvalue weighted by Gasteiger charge is -2.33. The fraction of sp³-hybridized carbons (Fsp3) is 0.786. The van der Waals surface area contributed by atoms with Crippen molar-refractivity contribution in [2.75, 3.05) is 39.3 Å². The fourth-order valence-electron chi connectivity index (χ4n) is 2.36. The first kappa shape index (κ1) is 15.9. The normalized spacial score (nSPS) is 17.0. The number of nitrogens with one attached hydrogen (secondary N) is 1. The Morgan fingerprint density at radius 2 is 2.00 bits per heavy atom. The summed E-state index contributed by atoms with van der Waals surface area (Å²) in [6.45, 7) is 9.55. The summed E-state index contributed by atoms with van der Waals surface area (Å²) in [5.74, 6) is 1.47. The van der Waals surface area contributed by atoms with Crippen LogP contribution in [0.5, 0.6) is 0 Å². The molecule has 1 aromatic rings. The van der Waals surface area contributed by atoms with E-state index in [4.69, 9.17) is 4.52 Å². The summed E-state index contributed by atoms with van der Waals surface area (Å²) in [7, 11) is 0. The van der Waals surface area contributed by atoms with Crippen LogP contribution >= 0.6 is 0 Å². The lowest BCUT2D eigenvalue weighted by molar-refractivity contribution is -0.122. The van der Waals surface area contributed by atoms with Crippen LogP contribution in [0.4, 0.5) is 0 Å². The Balaban J connectivity index is 1.65. The molecule has 7 heteroatoms. The number of unbranched alkanes of at least 4 members (excludes halogenated alkanes) is 1. The number of aromatic nitrogens is 2. The average molecular weight is 295 g/mol. The van der Waals surface area contributed by atoms with Gasteiger partial charge in [0, 0.05) is 32.7 Å². The molecule has 1 saturated heterocycles. The summed E-state index contributed by atoms with van der Waals surface area (Å²) in [6.07, 6.45) is 2.15. The van der Waals surface area contributed by atoms with Gasteiger partial charge >= 0.3 is 0 Å². The van der Waals surface area contributed by atoms with E-state index in [9.17, 15) is 4.79 Å². The minimum absolute atomic E-state index is 0.129. The van der Waals surface area contributed by atoms with Crippen LogP contribution in [0.1, 0.15) is 31.5 Å². The maximum absolute atomic E-state index is 11.8. The number of amides is 1. The predicted octanol–water partition coefficient (Wildman–Crippen LogP) is 0.412. The van der Waals surface area contributed by atoms with Gasteiger partial charge in [-0.2, -0.15) is 4.98 Å². The van der Waals surface area contributed by atoms with Crippen LogP contribution in [-0.2, 0) is 11.3 Å². The molecule has 7 nitrogen and oxygen atoms in total. The Labute approximate surface area is 125 Å². The maximum atomic E-state index is 11.8. The summed E-state index contributed by atoms with van der Waals surface area (Å²) in [6, 6.07) is 0. The van der Waals surface area contributed by atoms with Crippen LogP contribution in [0.25, 0.3) is 0 Å². The molecule has 118 valence electrons. The van der Waals surface area contributed by atoms with Gasteiger partial charge in [0.2, 0.25) is 11.8 Å². The van der Waals surface area contributed by atoms with E-state index in [0.29, 0.717) is 24.8 Å². The van der Waals surface area contributed by atoms with Gasteiger partial charge in [-0.3, -0.25) is 14.6 Å². The van der Waals surface area contributed by atoms with Crippen molar-refractivity contribution in [3.63, 3.8) is 0 Å². The first-order valence-electron chi connectivity index (χ1n) is 7.68. The SMILES string of the molecule is CCCCNC(=O)CN1CCN(Cc2nc(C)no2)CC1. The molecule has 1 aromatic heterocycles. The van der Waals surface area contributed by atoms with Crippen LogP contribution in [0, 0.1) is 6.92 Å². The molecule has 0 saturated carbocycles. The van der Waals surface area contributed by atoms with E-state index in [1.165, 1.54) is 0 Å². The minimum atomic E-state index is 0.129. The standard InChI is InChI=1S/C14H25N5O2/c1-3-4-5-15-13(20)10-18-6-8-19(9-7-18)11-14-16-12(2)17-21-14/h3-11H2,1-2H3,(H,15,20). The fourth-order valence-corrected chi connectivity index (χ4v) is 2.36. The van der Waals surface area contributed by atoms with Crippen molar-refractivity contribution >= 4 is 5.91 Å². The molecule has 1 amide bonds. The highest BCUT2D eigenvalue weighted by Crippen LogP contribution is 2.06. The van der Waals surface area contributed by atoms with Crippen molar-refractivity contribution in [2.24, 2.45) is 0 Å². The third-order valence-electron chi connectivity index (χ3n) is 3.61. The number of aryl methyl sites for hydroxylation is 1. The molecule has 0 bridgehead atoms. The van der Waals surface area contributed by atoms with Gasteiger partial charge in [-0.15, -0.1) is 0 Å². The smallest absolute Gasteiger partial charge is 0.240 e. The van der Waals surface area contributed by atoms with Gasteiger partial charge in [0.25, 0.3) is 0 Å². The highest BCUT2D eigenvalue weighted by atomic mass is 16.5. The van der Waals surface area contributed by atoms with E-state index in [0.717, 1.165) is 45.6 Å². The van der Waals surface area contributed by atoms with Crippen molar-refractivity contribution in [3.8, 4) is 0 Å². The van der Waals surface area contributed by atoms with Crippen molar-refractivity contribution in [3.05, 3.63) is 11.7 Å². The molecule has 2 rings (SSSR count). The Morgan fingerprint density at radius 3 is 2.62 bits per heavy atom. The topological polar surface area (TPSA) is 74.5 Å². The predicted molar refractivity (Wildman–Crippen MR) is 78.7 cm³/mol. The Morgan fingerprint density at radius 1 is 1.29 bits per heavy atom. The van der Waals surface area contributed by atoms with Crippen molar-refractivity contribution < 1.29 is 9.32 Å². The molecule has 0 aromatic carbocycles. The third kappa shape index (κ3) is 5.43. The van der Waals surface area contributed by atoms with E-state index in [1.54, 1.807) is 0 Å². The van der Waals surface area contributed by atoms with E-state index < -0.39 is 0 Å². The molecule has 0 atom stereocenters. The lowest BCUT2D eigenvalue weighted by atomic mass is 10.3. The van der Waals surface area contributed by atoms with Crippen LogP contribution in [0.3, 0.4) is 0 Å². The van der Waals surface area contributed by atoms with Crippen LogP contribution in [-0.4, -0.2) is 65.1 Å². The number of rotatable bonds is 7. The van der Waals surface area contributed by atoms with Gasteiger partial charge in [0.1, 0.15) is 0 Å². The second-order valence-corrected chi connectivity index (χ2v) is 5.49. The number of hydrogen-bond donors (Lipinski definition) is 1. The minimum Gasteiger partial charge on any atom is -0.355 e. The largest absolute Gasteiger partial charge is 0.355 e. The molecule has 1 aliphatic heterocycles. The highest BCUT2D eigenvalue weighted by Gasteiger charge is 2.20. The average Bonchev–Trinajstić information content (AvgIpc) is 2.87. The first-order valence-corrected chi connectivity index (χ1v) is 7.68. The molecule has 1 aliphatic rings. The van der Waals surface area contributed by atoms with Gasteiger partial charge in [-0.25, -0.2) is 0 Å². The van der Waals surface area contributed by atoms with E-state index >= 15 is 0 Å². The molecule has 2 heterocycles. The molecule has 0 spiro atoms. The van der Waals surface area contributed by atoms with Crippen molar-refractivity contribution in [2.45, 2.75) is 33.2 Å². The summed E-state index contributed by atoms with van der Waals surface area (Å²) in [5.41, 5.74) is 0. The van der Waals surface area contributed by atoms with Gasteiger partial charge in [-0.1, -0.05) is 18.5 Å². The molecular weight excluding hydrogens is 270 g/mol. The number of hydrogen-bond acceptors (Lipinski definition) is 6. The van der Waals surface area contributed by atoms with Gasteiger partial charge in [-0.05, 0) is 13.3 Å². The molecule has 21 heavy (non-hydrogen) atoms. The second-order valence-electron chi connectivity index (χ2n) is 5.49. The third-order valence-corrected chi connectivity index (χ3v) is 3.61. The van der Waals surface area contributed by atoms with Crippen LogP contribution in [0.2, 0.25) is 0 Å². The summed E-state index contributed by atoms with van der Waals surface area (Å²) >= 11 is 0. The quantitative estimate of drug-likeness (QED) is 0.735. The molecule has 0 aliphatic carbocycles. The van der Waals surface area contributed by atoms with Crippen molar-refractivity contribution in [1.82, 2.24) is 25.3 Å². The van der Waals surface area contributed by atoms with Crippen molar-refractivity contribution in [1.29, 1.82) is 0 Å². The summed E-state index contributed by atoms with van der Waals surface area (Å²) in [4.78, 5) is 20.4. The Bertz CT molecular complexity index is 440. The van der Waals surface area contributed by atoms with E-state index in [1.807, 2.05) is 6.92 Å². The molecule has 1 fully saturated rings. The molecule has 1 N–H and O–H groups in total. The van der Waals surface area contributed by atoms with E-state index in [2.05, 4.69) is 32.2 Å². The Kier molecular flexibility index (Phi) is 6.13. The first-order chi connectivity index (χ1) is 10.2.